The number of carbonyl (C=O) groups is 1. The zero-order valence-electron chi connectivity index (χ0n) is 15.9. The van der Waals surface area contributed by atoms with E-state index >= 15 is 0 Å². The summed E-state index contributed by atoms with van der Waals surface area (Å²) in [6.07, 6.45) is 0. The van der Waals surface area contributed by atoms with Gasteiger partial charge in [0.05, 0.1) is 0 Å². The minimum atomic E-state index is -1.88. The lowest BCUT2D eigenvalue weighted by molar-refractivity contribution is -0.160. The Labute approximate surface area is 167 Å². The Morgan fingerprint density at radius 1 is 1.04 bits per heavy atom. The number of aliphatic hydroxyl groups is 1. The molecule has 5 heteroatoms. The second-order valence-corrected chi connectivity index (χ2v) is 5.80. The van der Waals surface area contributed by atoms with Crippen LogP contribution < -0.4 is 4.90 Å². The number of anilines is 1. The summed E-state index contributed by atoms with van der Waals surface area (Å²) in [7, 11) is 0. The number of rotatable bonds is 7. The van der Waals surface area contributed by atoms with Gasteiger partial charge in [0.1, 0.15) is 0 Å². The van der Waals surface area contributed by atoms with Gasteiger partial charge in [-0.3, -0.25) is 0 Å². The van der Waals surface area contributed by atoms with Crippen LogP contribution in [0.3, 0.4) is 0 Å². The summed E-state index contributed by atoms with van der Waals surface area (Å²) >= 11 is 0. The number of nitrogens with zero attached hydrogens (tertiary/aromatic N) is 1. The third-order valence-electron chi connectivity index (χ3n) is 4.35. The van der Waals surface area contributed by atoms with Crippen molar-refractivity contribution < 1.29 is 14.6 Å². The fourth-order valence-corrected chi connectivity index (χ4v) is 2.86. The average molecular weight is 388 g/mol. The van der Waals surface area contributed by atoms with Crippen molar-refractivity contribution in [3.8, 4) is 11.8 Å². The fraction of sp³-hybridized carbons (Fsp3) is 0.318. The van der Waals surface area contributed by atoms with Crippen molar-refractivity contribution in [1.29, 1.82) is 0 Å². The minimum Gasteiger partial charge on any atom is -0.450 e. The van der Waals surface area contributed by atoms with E-state index in [-0.39, 0.29) is 19.0 Å². The zero-order chi connectivity index (χ0) is 19.0. The smallest absolute Gasteiger partial charge is 0.348 e. The predicted molar refractivity (Wildman–Crippen MR) is 111 cm³/mol. The maximum absolute atomic E-state index is 12.7. The molecule has 1 unspecified atom stereocenters. The molecule has 0 aromatic heterocycles. The Bertz CT molecular complexity index is 777. The quantitative estimate of drug-likeness (QED) is 0.580. The number of hydrogen-bond donors (Lipinski definition) is 1. The highest BCUT2D eigenvalue weighted by Gasteiger charge is 2.41. The molecule has 2 aromatic rings. The largest absolute Gasteiger partial charge is 0.450 e. The molecule has 0 heterocycles. The molecule has 0 aliphatic heterocycles. The summed E-state index contributed by atoms with van der Waals surface area (Å²) in [4.78, 5) is 14.9. The van der Waals surface area contributed by atoms with Crippen molar-refractivity contribution in [2.75, 3.05) is 24.6 Å². The lowest BCUT2D eigenvalue weighted by Gasteiger charge is -2.28. The van der Waals surface area contributed by atoms with Crippen LogP contribution in [-0.2, 0) is 15.1 Å². The van der Waals surface area contributed by atoms with Crippen LogP contribution in [0, 0.1) is 11.8 Å². The van der Waals surface area contributed by atoms with Crippen molar-refractivity contribution in [2.45, 2.75) is 26.4 Å². The molecule has 0 amide bonds. The van der Waals surface area contributed by atoms with E-state index in [1.54, 1.807) is 43.3 Å². The van der Waals surface area contributed by atoms with Crippen LogP contribution in [0.2, 0.25) is 0 Å². The van der Waals surface area contributed by atoms with Gasteiger partial charge in [-0.1, -0.05) is 48.4 Å². The van der Waals surface area contributed by atoms with E-state index in [4.69, 9.17) is 4.74 Å². The Morgan fingerprint density at radius 2 is 1.59 bits per heavy atom. The molecule has 0 aliphatic carbocycles. The van der Waals surface area contributed by atoms with Crippen molar-refractivity contribution in [1.82, 2.24) is 0 Å². The maximum Gasteiger partial charge on any atom is 0.348 e. The molecular weight excluding hydrogens is 362 g/mol. The van der Waals surface area contributed by atoms with Crippen molar-refractivity contribution in [2.24, 2.45) is 0 Å². The Hall–Kier alpha value is -2.48. The molecule has 2 aromatic carbocycles. The molecule has 0 saturated carbocycles. The number of esters is 1. The lowest BCUT2D eigenvalue weighted by atomic mass is 9.86. The van der Waals surface area contributed by atoms with Crippen LogP contribution in [0.1, 0.15) is 31.9 Å². The molecule has 0 aliphatic rings. The predicted octanol–water partition coefficient (Wildman–Crippen LogP) is 3.76. The number of ether oxygens (including phenoxy) is 1. The van der Waals surface area contributed by atoms with Gasteiger partial charge in [0.25, 0.3) is 0 Å². The molecule has 0 spiro atoms. The van der Waals surface area contributed by atoms with Crippen LogP contribution >= 0.6 is 12.4 Å². The third kappa shape index (κ3) is 5.03. The van der Waals surface area contributed by atoms with E-state index in [2.05, 4.69) is 30.6 Å². The highest BCUT2D eigenvalue weighted by molar-refractivity contribution is 5.86. The lowest BCUT2D eigenvalue weighted by Crippen LogP contribution is -2.38. The van der Waals surface area contributed by atoms with Crippen LogP contribution in [0.25, 0.3) is 0 Å². The van der Waals surface area contributed by atoms with Crippen LogP contribution in [0.4, 0.5) is 5.69 Å². The Morgan fingerprint density at radius 3 is 2.11 bits per heavy atom. The van der Waals surface area contributed by atoms with E-state index in [9.17, 15) is 9.90 Å². The van der Waals surface area contributed by atoms with Crippen molar-refractivity contribution in [3.63, 3.8) is 0 Å². The molecule has 27 heavy (non-hydrogen) atoms. The molecule has 4 nitrogen and oxygen atoms in total. The summed E-state index contributed by atoms with van der Waals surface area (Å²) in [5, 5.41) is 11.3. The van der Waals surface area contributed by atoms with Gasteiger partial charge in [-0.25, -0.2) is 4.79 Å². The third-order valence-corrected chi connectivity index (χ3v) is 4.35. The van der Waals surface area contributed by atoms with E-state index in [1.807, 2.05) is 18.2 Å². The SMILES string of the molecule is CC#CCOC(=O)C(O)(c1ccccc1)c1ccc(N(CC)CC)cc1.Cl. The molecule has 0 bridgehead atoms. The average Bonchev–Trinajstić information content (AvgIpc) is 2.69. The van der Waals surface area contributed by atoms with Gasteiger partial charge >= 0.3 is 5.97 Å². The highest BCUT2D eigenvalue weighted by Crippen LogP contribution is 2.32. The molecule has 0 radical (unpaired) electrons. The van der Waals surface area contributed by atoms with Crippen LogP contribution in [-0.4, -0.2) is 30.8 Å². The van der Waals surface area contributed by atoms with E-state index in [0.717, 1.165) is 18.8 Å². The summed E-state index contributed by atoms with van der Waals surface area (Å²) in [6.45, 7) is 7.56. The molecule has 0 saturated heterocycles. The molecule has 1 atom stereocenters. The minimum absolute atomic E-state index is 0. The summed E-state index contributed by atoms with van der Waals surface area (Å²) in [6, 6.07) is 16.2. The van der Waals surface area contributed by atoms with E-state index < -0.39 is 11.6 Å². The first-order valence-electron chi connectivity index (χ1n) is 8.78. The van der Waals surface area contributed by atoms with E-state index in [0.29, 0.717) is 11.1 Å². The normalized spacial score (nSPS) is 12.0. The topological polar surface area (TPSA) is 49.8 Å². The standard InChI is InChI=1S/C22H25NO3.ClH/c1-4-7-17-26-21(24)22(25,18-11-9-8-10-12-18)19-13-15-20(16-14-19)23(5-2)6-3;/h8-16,25H,5-6,17H2,1-3H3;1H. The molecular formula is C22H26ClNO3. The number of halogens is 1. The van der Waals surface area contributed by atoms with Crippen molar-refractivity contribution in [3.05, 3.63) is 65.7 Å². The number of benzene rings is 2. The second-order valence-electron chi connectivity index (χ2n) is 5.80. The van der Waals surface area contributed by atoms with Gasteiger partial charge in [0.2, 0.25) is 5.60 Å². The molecule has 144 valence electrons. The maximum atomic E-state index is 12.7. The Kier molecular flexibility index (Phi) is 8.87. The van der Waals surface area contributed by atoms with Crippen LogP contribution in [0.5, 0.6) is 0 Å². The molecule has 0 fully saturated rings. The van der Waals surface area contributed by atoms with Gasteiger partial charge in [0.15, 0.2) is 6.61 Å². The van der Waals surface area contributed by atoms with Gasteiger partial charge in [-0.15, -0.1) is 18.3 Å². The highest BCUT2D eigenvalue weighted by atomic mass is 35.5. The van der Waals surface area contributed by atoms with Gasteiger partial charge in [-0.2, -0.15) is 0 Å². The monoisotopic (exact) mass is 387 g/mol. The molecule has 1 N–H and O–H groups in total. The second kappa shape index (κ2) is 10.6. The Balaban J connectivity index is 0.00000364. The number of carbonyl (C=O) groups excluding carboxylic acids is 1. The first kappa shape index (κ1) is 22.6. The van der Waals surface area contributed by atoms with Crippen LogP contribution in [0.15, 0.2) is 54.6 Å². The first-order valence-corrected chi connectivity index (χ1v) is 8.78. The summed E-state index contributed by atoms with van der Waals surface area (Å²) in [5.74, 6) is 4.62. The number of hydrogen-bond acceptors (Lipinski definition) is 4. The zero-order valence-corrected chi connectivity index (χ0v) is 16.8. The van der Waals surface area contributed by atoms with E-state index in [1.165, 1.54) is 0 Å². The first-order chi connectivity index (χ1) is 12.6. The molecule has 2 rings (SSSR count). The van der Waals surface area contributed by atoms with Gasteiger partial charge in [-0.05, 0) is 44.0 Å². The fourth-order valence-electron chi connectivity index (χ4n) is 2.86. The summed E-state index contributed by atoms with van der Waals surface area (Å²) in [5.41, 5.74) is 0.0943. The van der Waals surface area contributed by atoms with Crippen molar-refractivity contribution >= 4 is 24.1 Å². The van der Waals surface area contributed by atoms with Gasteiger partial charge in [0, 0.05) is 18.8 Å². The summed E-state index contributed by atoms with van der Waals surface area (Å²) < 4.78 is 5.20. The van der Waals surface area contributed by atoms with Gasteiger partial charge < -0.3 is 14.7 Å².